The molecule has 2 aromatic carbocycles. The molecule has 1 aromatic heterocycles. The molecule has 0 fully saturated rings. The number of nitrogens with zero attached hydrogens (tertiary/aromatic N) is 1. The number of fused-ring (bicyclic) bond motifs is 1. The molecular weight excluding hydrogens is 423 g/mol. The number of aryl methyl sites for hydroxylation is 1. The molecule has 22 heavy (non-hydrogen) atoms. The molecule has 114 valence electrons. The third-order valence-corrected chi connectivity index (χ3v) is 4.78. The molecule has 3 aromatic rings. The molecule has 0 amide bonds. The van der Waals surface area contributed by atoms with Crippen LogP contribution in [0.25, 0.3) is 10.2 Å². The Bertz CT molecular complexity index is 769. The number of thiocarbonyl (C=S) groups is 1. The van der Waals surface area contributed by atoms with Crippen LogP contribution >= 0.6 is 23.6 Å². The molecule has 2 nitrogen and oxygen atoms in total. The smallest absolute Gasteiger partial charge is 0.245 e. The summed E-state index contributed by atoms with van der Waals surface area (Å²) in [7, 11) is 0. The monoisotopic (exact) mass is 440 g/mol. The molecule has 0 aliphatic heterocycles. The first-order valence-electron chi connectivity index (χ1n) is 7.03. The van der Waals surface area contributed by atoms with Gasteiger partial charge in [-0.25, -0.2) is 0 Å². The third-order valence-electron chi connectivity index (χ3n) is 3.37. The molecular formula is C17H17IN2S2. The number of anilines is 1. The van der Waals surface area contributed by atoms with E-state index < -0.39 is 0 Å². The van der Waals surface area contributed by atoms with Crippen LogP contribution in [-0.2, 0) is 13.0 Å². The summed E-state index contributed by atoms with van der Waals surface area (Å²) >= 11 is 7.34. The second-order valence-electron chi connectivity index (χ2n) is 4.80. The Morgan fingerprint density at radius 1 is 1.09 bits per heavy atom. The molecule has 0 spiro atoms. The molecule has 0 saturated heterocycles. The Kier molecular flexibility index (Phi) is 6.28. The quantitative estimate of drug-likeness (QED) is 0.373. The van der Waals surface area contributed by atoms with E-state index in [4.69, 9.17) is 12.2 Å². The predicted octanol–water partition coefficient (Wildman–Crippen LogP) is 1.19. The molecule has 0 unspecified atom stereocenters. The Labute approximate surface area is 157 Å². The van der Waals surface area contributed by atoms with E-state index in [9.17, 15) is 0 Å². The molecule has 0 saturated carbocycles. The molecule has 0 radical (unpaired) electrons. The van der Waals surface area contributed by atoms with Gasteiger partial charge in [0, 0.05) is 11.8 Å². The van der Waals surface area contributed by atoms with Gasteiger partial charge in [0.15, 0.2) is 0 Å². The van der Waals surface area contributed by atoms with Crippen LogP contribution in [0.15, 0.2) is 54.6 Å². The topological polar surface area (TPSA) is 15.9 Å². The molecule has 0 aliphatic rings. The van der Waals surface area contributed by atoms with Crippen molar-refractivity contribution in [3.8, 4) is 0 Å². The lowest BCUT2D eigenvalue weighted by atomic mass is 10.3. The van der Waals surface area contributed by atoms with E-state index in [1.165, 1.54) is 15.2 Å². The number of halogens is 1. The minimum atomic E-state index is 0. The van der Waals surface area contributed by atoms with Gasteiger partial charge in [0.05, 0.1) is 11.4 Å². The average Bonchev–Trinajstić information content (AvgIpc) is 2.85. The van der Waals surface area contributed by atoms with Gasteiger partial charge in [0.1, 0.15) is 11.2 Å². The lowest BCUT2D eigenvalue weighted by Gasteiger charge is -2.05. The molecule has 0 bridgehead atoms. The van der Waals surface area contributed by atoms with Crippen molar-refractivity contribution in [2.24, 2.45) is 0 Å². The van der Waals surface area contributed by atoms with Crippen LogP contribution in [0.2, 0.25) is 0 Å². The Hall–Kier alpha value is -1.05. The zero-order valence-corrected chi connectivity index (χ0v) is 16.0. The van der Waals surface area contributed by atoms with Crippen LogP contribution in [0, 0.1) is 0 Å². The van der Waals surface area contributed by atoms with E-state index in [1.807, 2.05) is 41.7 Å². The number of rotatable bonds is 4. The first kappa shape index (κ1) is 17.3. The maximum Gasteiger partial charge on any atom is 0.245 e. The first-order valence-corrected chi connectivity index (χ1v) is 8.25. The number of nitrogens with one attached hydrogen (secondary N) is 1. The van der Waals surface area contributed by atoms with Gasteiger partial charge < -0.3 is 29.3 Å². The van der Waals surface area contributed by atoms with E-state index in [0.717, 1.165) is 23.6 Å². The van der Waals surface area contributed by atoms with Gasteiger partial charge in [0.25, 0.3) is 0 Å². The van der Waals surface area contributed by atoms with E-state index in [1.54, 1.807) is 0 Å². The van der Waals surface area contributed by atoms with Crippen LogP contribution in [0.1, 0.15) is 11.9 Å². The zero-order chi connectivity index (χ0) is 14.7. The lowest BCUT2D eigenvalue weighted by Crippen LogP contribution is -3.00. The minimum absolute atomic E-state index is 0. The summed E-state index contributed by atoms with van der Waals surface area (Å²) in [4.78, 5) is 0.856. The van der Waals surface area contributed by atoms with Gasteiger partial charge in [-0.3, -0.25) is 0 Å². The van der Waals surface area contributed by atoms with E-state index in [0.29, 0.717) is 0 Å². The number of hydrogen-bond donors (Lipinski definition) is 1. The molecule has 5 heteroatoms. The van der Waals surface area contributed by atoms with Gasteiger partial charge in [-0.15, -0.1) is 0 Å². The van der Waals surface area contributed by atoms with Crippen molar-refractivity contribution >= 4 is 44.4 Å². The zero-order valence-electron chi connectivity index (χ0n) is 12.3. The van der Waals surface area contributed by atoms with Crippen molar-refractivity contribution in [3.63, 3.8) is 0 Å². The third kappa shape index (κ3) is 3.83. The Morgan fingerprint density at radius 3 is 2.50 bits per heavy atom. The number of benzene rings is 2. The summed E-state index contributed by atoms with van der Waals surface area (Å²) in [6.07, 6.45) is 0.775. The van der Waals surface area contributed by atoms with E-state index in [-0.39, 0.29) is 24.0 Å². The van der Waals surface area contributed by atoms with Crippen LogP contribution in [0.3, 0.4) is 0 Å². The normalized spacial score (nSPS) is 10.2. The van der Waals surface area contributed by atoms with Crippen LogP contribution in [0.5, 0.6) is 0 Å². The Morgan fingerprint density at radius 2 is 1.77 bits per heavy atom. The SMILES string of the molecule is CC[n+]1c(CC(=S)Nc2ccccc2)sc2ccccc21.[I-]. The highest BCUT2D eigenvalue weighted by Crippen LogP contribution is 2.21. The van der Waals surface area contributed by atoms with Crippen molar-refractivity contribution in [2.75, 3.05) is 5.32 Å². The van der Waals surface area contributed by atoms with Crippen molar-refractivity contribution in [1.29, 1.82) is 0 Å². The van der Waals surface area contributed by atoms with Crippen molar-refractivity contribution in [2.45, 2.75) is 19.9 Å². The minimum Gasteiger partial charge on any atom is -1.00 e. The standard InChI is InChI=1S/C17H16N2S2.HI/c1-2-19-14-10-6-7-11-15(14)21-17(19)12-16(20)18-13-8-4-3-5-9-13;/h3-11H,2,12H2,1H3;1H. The fourth-order valence-electron chi connectivity index (χ4n) is 2.43. The fourth-order valence-corrected chi connectivity index (χ4v) is 4.01. The number of hydrogen-bond acceptors (Lipinski definition) is 2. The maximum atomic E-state index is 5.51. The summed E-state index contributed by atoms with van der Waals surface area (Å²) in [5.41, 5.74) is 2.34. The Balaban J connectivity index is 0.00000176. The highest BCUT2D eigenvalue weighted by molar-refractivity contribution is 7.80. The van der Waals surface area contributed by atoms with Gasteiger partial charge in [-0.2, -0.15) is 4.57 Å². The summed E-state index contributed by atoms with van der Waals surface area (Å²) in [5, 5.41) is 4.61. The number of para-hydroxylation sites is 2. The van der Waals surface area contributed by atoms with Crippen LogP contribution in [0.4, 0.5) is 5.69 Å². The molecule has 3 rings (SSSR count). The average molecular weight is 440 g/mol. The number of aromatic nitrogens is 1. The summed E-state index contributed by atoms with van der Waals surface area (Å²) < 4.78 is 3.66. The second-order valence-corrected chi connectivity index (χ2v) is 6.41. The summed E-state index contributed by atoms with van der Waals surface area (Å²) in [5.74, 6) is 0. The van der Waals surface area contributed by atoms with E-state index >= 15 is 0 Å². The summed E-state index contributed by atoms with van der Waals surface area (Å²) in [6.45, 7) is 3.14. The molecule has 0 aliphatic carbocycles. The van der Waals surface area contributed by atoms with Gasteiger partial charge in [0.2, 0.25) is 10.5 Å². The molecule has 0 atom stereocenters. The van der Waals surface area contributed by atoms with Gasteiger partial charge in [-0.05, 0) is 25.1 Å². The van der Waals surface area contributed by atoms with Gasteiger partial charge >= 0.3 is 0 Å². The second kappa shape index (κ2) is 7.99. The fraction of sp³-hybridized carbons (Fsp3) is 0.176. The van der Waals surface area contributed by atoms with Crippen molar-refractivity contribution in [1.82, 2.24) is 0 Å². The molecule has 1 heterocycles. The van der Waals surface area contributed by atoms with Crippen molar-refractivity contribution < 1.29 is 28.5 Å². The lowest BCUT2D eigenvalue weighted by molar-refractivity contribution is -0.670. The largest absolute Gasteiger partial charge is 1.00 e. The van der Waals surface area contributed by atoms with Crippen LogP contribution in [-0.4, -0.2) is 4.99 Å². The highest BCUT2D eigenvalue weighted by atomic mass is 127. The number of thiazole rings is 1. The van der Waals surface area contributed by atoms with Crippen LogP contribution < -0.4 is 33.9 Å². The predicted molar refractivity (Wildman–Crippen MR) is 94.1 cm³/mol. The highest BCUT2D eigenvalue weighted by Gasteiger charge is 2.19. The molecule has 1 N–H and O–H groups in total. The van der Waals surface area contributed by atoms with Crippen molar-refractivity contribution in [3.05, 3.63) is 59.6 Å². The van der Waals surface area contributed by atoms with Gasteiger partial charge in [-0.1, -0.05) is 53.9 Å². The van der Waals surface area contributed by atoms with E-state index in [2.05, 4.69) is 41.1 Å². The maximum absolute atomic E-state index is 5.51. The first-order chi connectivity index (χ1) is 10.3. The summed E-state index contributed by atoms with van der Waals surface area (Å²) in [6, 6.07) is 18.6.